The van der Waals surface area contributed by atoms with Gasteiger partial charge in [0.05, 0.1) is 12.2 Å². The minimum Gasteiger partial charge on any atom is -0.381 e. The Morgan fingerprint density at radius 3 is 2.59 bits per heavy atom. The molecule has 1 aromatic heterocycles. The number of halogens is 1. The molecule has 0 bridgehead atoms. The van der Waals surface area contributed by atoms with Gasteiger partial charge < -0.3 is 14.5 Å². The number of pyridine rings is 1. The molecular weight excluding hydrogens is 405 g/mol. The largest absolute Gasteiger partial charge is 0.381 e. The van der Waals surface area contributed by atoms with Gasteiger partial charge in [0.15, 0.2) is 6.29 Å². The number of benzene rings is 1. The van der Waals surface area contributed by atoms with Gasteiger partial charge in [-0.25, -0.2) is 4.39 Å². The lowest BCUT2D eigenvalue weighted by atomic mass is 9.79. The summed E-state index contributed by atoms with van der Waals surface area (Å²) in [6, 6.07) is 3.41. The number of unbranched alkanes of at least 4 members (excludes halogenated alkanes) is 1. The van der Waals surface area contributed by atoms with Gasteiger partial charge in [-0.05, 0) is 103 Å². The van der Waals surface area contributed by atoms with E-state index in [0.717, 1.165) is 65.6 Å². The quantitative estimate of drug-likeness (QED) is 0.677. The Morgan fingerprint density at radius 1 is 1.16 bits per heavy atom. The molecule has 1 aliphatic heterocycles. The predicted octanol–water partition coefficient (Wildman–Crippen LogP) is 5.13. The zero-order valence-corrected chi connectivity index (χ0v) is 19.2. The molecule has 4 rings (SSSR count). The normalized spacial score (nSPS) is 19.8. The third-order valence-electron chi connectivity index (χ3n) is 6.95. The molecule has 0 radical (unpaired) electrons. The summed E-state index contributed by atoms with van der Waals surface area (Å²) in [7, 11) is 0. The maximum Gasteiger partial charge on any atom is 0.254 e. The maximum atomic E-state index is 14.5. The number of aldehydes is 1. The van der Waals surface area contributed by atoms with E-state index in [2.05, 4.69) is 13.0 Å². The summed E-state index contributed by atoms with van der Waals surface area (Å²) in [6.07, 6.45) is 5.79. The van der Waals surface area contributed by atoms with E-state index in [9.17, 15) is 19.1 Å². The van der Waals surface area contributed by atoms with Crippen LogP contribution >= 0.6 is 0 Å². The number of aliphatic hydroxyl groups is 1. The van der Waals surface area contributed by atoms with Crippen molar-refractivity contribution in [1.82, 2.24) is 4.57 Å². The molecule has 0 amide bonds. The van der Waals surface area contributed by atoms with Crippen LogP contribution < -0.4 is 5.56 Å². The van der Waals surface area contributed by atoms with Crippen LogP contribution in [0.25, 0.3) is 11.1 Å². The second-order valence-corrected chi connectivity index (χ2v) is 8.95. The first kappa shape index (κ1) is 22.4. The van der Waals surface area contributed by atoms with Gasteiger partial charge in [-0.2, -0.15) is 0 Å². The van der Waals surface area contributed by atoms with Gasteiger partial charge in [-0.15, -0.1) is 0 Å². The molecular formula is C27H30FNO3. The highest BCUT2D eigenvalue weighted by molar-refractivity contribution is 5.92. The van der Waals surface area contributed by atoms with Gasteiger partial charge in [-0.1, -0.05) is 19.4 Å². The fourth-order valence-corrected chi connectivity index (χ4v) is 5.24. The molecule has 1 unspecified atom stereocenters. The highest BCUT2D eigenvalue weighted by Gasteiger charge is 2.31. The van der Waals surface area contributed by atoms with Crippen molar-refractivity contribution in [1.29, 1.82) is 0 Å². The standard InChI is InChI=1S/C27H30FNO3/c1-5-6-8-19-22(13-29-24(19)12-21(25(31)14-30)17(4)27(29)32)20-10-7-9-18-16(3)23(28)11-15(2)26(18)20/h8,11-12,14,25,31H,5-7,9-10,13H2,1-4H3/b19-8-,22-20-. The van der Waals surface area contributed by atoms with Gasteiger partial charge in [0.1, 0.15) is 11.9 Å². The molecule has 0 saturated carbocycles. The number of rotatable bonds is 4. The number of aromatic nitrogens is 1. The molecule has 2 heterocycles. The molecule has 1 aromatic carbocycles. The molecule has 0 fully saturated rings. The second-order valence-electron chi connectivity index (χ2n) is 8.95. The number of carbonyl (C=O) groups excluding carboxylic acids is 1. The third kappa shape index (κ3) is 3.49. The van der Waals surface area contributed by atoms with E-state index in [4.69, 9.17) is 0 Å². The summed E-state index contributed by atoms with van der Waals surface area (Å²) in [5.41, 5.74) is 8.44. The Bertz CT molecular complexity index is 1230. The zero-order valence-electron chi connectivity index (χ0n) is 19.2. The number of carbonyl (C=O) groups is 1. The molecule has 2 aromatic rings. The molecule has 168 valence electrons. The van der Waals surface area contributed by atoms with Crippen LogP contribution in [-0.2, 0) is 17.8 Å². The van der Waals surface area contributed by atoms with Gasteiger partial charge in [0.25, 0.3) is 5.56 Å². The van der Waals surface area contributed by atoms with Gasteiger partial charge in [0, 0.05) is 5.56 Å². The van der Waals surface area contributed by atoms with Crippen LogP contribution in [0.4, 0.5) is 4.39 Å². The van der Waals surface area contributed by atoms with E-state index in [1.165, 1.54) is 5.57 Å². The smallest absolute Gasteiger partial charge is 0.254 e. The minimum atomic E-state index is -1.32. The number of fused-ring (bicyclic) bond motifs is 2. The van der Waals surface area contributed by atoms with Crippen molar-refractivity contribution in [2.75, 3.05) is 0 Å². The zero-order chi connectivity index (χ0) is 23.2. The lowest BCUT2D eigenvalue weighted by molar-refractivity contribution is -0.115. The number of hydrogen-bond donors (Lipinski definition) is 1. The number of allylic oxidation sites excluding steroid dienone is 4. The van der Waals surface area contributed by atoms with Crippen molar-refractivity contribution < 1.29 is 14.3 Å². The molecule has 0 saturated heterocycles. The molecule has 4 nitrogen and oxygen atoms in total. The van der Waals surface area contributed by atoms with E-state index in [-0.39, 0.29) is 11.4 Å². The van der Waals surface area contributed by atoms with E-state index in [1.54, 1.807) is 23.6 Å². The summed E-state index contributed by atoms with van der Waals surface area (Å²) in [4.78, 5) is 24.5. The highest BCUT2D eigenvalue weighted by atomic mass is 19.1. The van der Waals surface area contributed by atoms with E-state index in [1.807, 2.05) is 13.8 Å². The SMILES string of the molecule is CCC/C=C1/C(=C2/CCCc3c(C)c(F)cc(C)c32)Cn2c1cc(C(O)C=O)c(C)c2=O. The van der Waals surface area contributed by atoms with Gasteiger partial charge in [0.2, 0.25) is 0 Å². The number of hydrogen-bond acceptors (Lipinski definition) is 3. The lowest BCUT2D eigenvalue weighted by Crippen LogP contribution is -2.24. The van der Waals surface area contributed by atoms with Crippen LogP contribution in [0.3, 0.4) is 0 Å². The van der Waals surface area contributed by atoms with Gasteiger partial charge >= 0.3 is 0 Å². The molecule has 1 aliphatic carbocycles. The van der Waals surface area contributed by atoms with Crippen molar-refractivity contribution >= 4 is 17.4 Å². The third-order valence-corrected chi connectivity index (χ3v) is 6.95. The Kier molecular flexibility index (Phi) is 6.04. The first-order valence-electron chi connectivity index (χ1n) is 11.4. The fourth-order valence-electron chi connectivity index (χ4n) is 5.24. The summed E-state index contributed by atoms with van der Waals surface area (Å²) in [6.45, 7) is 8.02. The van der Waals surface area contributed by atoms with Crippen LogP contribution in [-0.4, -0.2) is 16.0 Å². The molecule has 32 heavy (non-hydrogen) atoms. The van der Waals surface area contributed by atoms with E-state index in [0.29, 0.717) is 29.5 Å². The first-order chi connectivity index (χ1) is 15.3. The van der Waals surface area contributed by atoms with Crippen LogP contribution in [0.2, 0.25) is 0 Å². The molecule has 2 aliphatic rings. The average molecular weight is 436 g/mol. The Balaban J connectivity index is 2.01. The summed E-state index contributed by atoms with van der Waals surface area (Å²) in [5.74, 6) is -0.164. The Hall–Kier alpha value is -2.79. The monoisotopic (exact) mass is 435 g/mol. The summed E-state index contributed by atoms with van der Waals surface area (Å²) in [5, 5.41) is 10.2. The molecule has 0 spiro atoms. The molecule has 5 heteroatoms. The van der Waals surface area contributed by atoms with E-state index < -0.39 is 6.10 Å². The van der Waals surface area contributed by atoms with Crippen LogP contribution in [0.5, 0.6) is 0 Å². The number of aliphatic hydroxyl groups excluding tert-OH is 1. The Labute approximate surface area is 188 Å². The van der Waals surface area contributed by atoms with Crippen molar-refractivity contribution in [3.63, 3.8) is 0 Å². The van der Waals surface area contributed by atoms with Crippen LogP contribution in [0, 0.1) is 26.6 Å². The van der Waals surface area contributed by atoms with Gasteiger partial charge in [-0.3, -0.25) is 4.79 Å². The van der Waals surface area contributed by atoms with Crippen molar-refractivity contribution in [3.8, 4) is 0 Å². The van der Waals surface area contributed by atoms with Crippen molar-refractivity contribution in [2.24, 2.45) is 0 Å². The summed E-state index contributed by atoms with van der Waals surface area (Å²) < 4.78 is 16.2. The second kappa shape index (κ2) is 8.62. The van der Waals surface area contributed by atoms with Crippen molar-refractivity contribution in [3.05, 3.63) is 79.0 Å². The average Bonchev–Trinajstić information content (AvgIpc) is 3.15. The molecule has 1 atom stereocenters. The number of nitrogens with zero attached hydrogens (tertiary/aromatic N) is 1. The highest BCUT2D eigenvalue weighted by Crippen LogP contribution is 2.44. The first-order valence-corrected chi connectivity index (χ1v) is 11.4. The molecule has 1 N–H and O–H groups in total. The van der Waals surface area contributed by atoms with E-state index >= 15 is 0 Å². The topological polar surface area (TPSA) is 59.3 Å². The van der Waals surface area contributed by atoms with Crippen LogP contribution in [0.1, 0.15) is 77.8 Å². The Morgan fingerprint density at radius 2 is 1.91 bits per heavy atom. The fraction of sp³-hybridized carbons (Fsp3) is 0.407. The summed E-state index contributed by atoms with van der Waals surface area (Å²) >= 11 is 0. The predicted molar refractivity (Wildman–Crippen MR) is 125 cm³/mol. The van der Waals surface area contributed by atoms with Crippen LogP contribution in [0.15, 0.2) is 28.6 Å². The number of aryl methyl sites for hydroxylation is 1. The maximum absolute atomic E-state index is 14.5. The van der Waals surface area contributed by atoms with Crippen molar-refractivity contribution in [2.45, 2.75) is 72.4 Å². The minimum absolute atomic E-state index is 0.164. The lowest BCUT2D eigenvalue weighted by Gasteiger charge is -2.26.